The summed E-state index contributed by atoms with van der Waals surface area (Å²) in [4.78, 5) is 7.75. The Bertz CT molecular complexity index is 581. The highest BCUT2D eigenvalue weighted by Gasteiger charge is 2.20. The second kappa shape index (κ2) is 5.88. The molecule has 1 aliphatic rings. The van der Waals surface area contributed by atoms with E-state index in [9.17, 15) is 0 Å². The topological polar surface area (TPSA) is 63.4 Å². The van der Waals surface area contributed by atoms with Crippen molar-refractivity contribution in [3.8, 4) is 5.75 Å². The summed E-state index contributed by atoms with van der Waals surface area (Å²) in [7, 11) is 0. The molecule has 0 saturated carbocycles. The average molecular weight is 355 g/mol. The standard InChI is InChI=1S/C13H15BrN4OS/c14-9-3-5-10(6-4-9)19-16-12-11(15)13(20-17-12)18-7-1-2-8-18/h3-6H,1-2,7-8,15H2,(H,16,17). The van der Waals surface area contributed by atoms with Gasteiger partial charge in [0.1, 0.15) is 10.7 Å². The van der Waals surface area contributed by atoms with Gasteiger partial charge in [-0.3, -0.25) is 0 Å². The van der Waals surface area contributed by atoms with E-state index in [2.05, 4.69) is 30.7 Å². The number of rotatable bonds is 4. The maximum absolute atomic E-state index is 6.13. The number of nitrogens with one attached hydrogen (secondary N) is 1. The quantitative estimate of drug-likeness (QED) is 0.822. The number of aromatic nitrogens is 1. The van der Waals surface area contributed by atoms with Gasteiger partial charge in [0.05, 0.1) is 0 Å². The Morgan fingerprint density at radius 1 is 1.25 bits per heavy atom. The van der Waals surface area contributed by atoms with Crippen LogP contribution in [0.15, 0.2) is 28.7 Å². The molecule has 2 heterocycles. The number of halogens is 1. The molecule has 0 radical (unpaired) electrons. The lowest BCUT2D eigenvalue weighted by molar-refractivity contribution is 0.403. The summed E-state index contributed by atoms with van der Waals surface area (Å²) < 4.78 is 5.33. The molecule has 106 valence electrons. The third kappa shape index (κ3) is 2.83. The Labute approximate surface area is 130 Å². The van der Waals surface area contributed by atoms with E-state index in [1.54, 1.807) is 0 Å². The third-order valence-corrected chi connectivity index (χ3v) is 4.63. The molecular formula is C13H15BrN4OS. The predicted molar refractivity (Wildman–Crippen MR) is 86.4 cm³/mol. The van der Waals surface area contributed by atoms with Gasteiger partial charge in [-0.25, -0.2) is 5.48 Å². The van der Waals surface area contributed by atoms with E-state index in [1.165, 1.54) is 24.4 Å². The van der Waals surface area contributed by atoms with Crippen LogP contribution >= 0.6 is 27.5 Å². The van der Waals surface area contributed by atoms with Crippen molar-refractivity contribution < 1.29 is 4.84 Å². The smallest absolute Gasteiger partial charge is 0.198 e. The van der Waals surface area contributed by atoms with Gasteiger partial charge in [-0.05, 0) is 48.6 Å². The minimum Gasteiger partial charge on any atom is -0.393 e. The highest BCUT2D eigenvalue weighted by molar-refractivity contribution is 9.10. The first-order valence-corrected chi connectivity index (χ1v) is 7.99. The van der Waals surface area contributed by atoms with Crippen LogP contribution in [0.3, 0.4) is 0 Å². The number of hydrogen-bond donors (Lipinski definition) is 2. The van der Waals surface area contributed by atoms with E-state index in [4.69, 9.17) is 10.6 Å². The number of nitrogens with two attached hydrogens (primary N) is 1. The lowest BCUT2D eigenvalue weighted by atomic mass is 10.3. The van der Waals surface area contributed by atoms with E-state index in [0.717, 1.165) is 22.6 Å². The molecule has 0 atom stereocenters. The van der Waals surface area contributed by atoms with Crippen molar-refractivity contribution in [3.05, 3.63) is 28.7 Å². The number of nitrogen functional groups attached to an aromatic ring is 1. The van der Waals surface area contributed by atoms with Crippen LogP contribution in [-0.4, -0.2) is 17.5 Å². The fraction of sp³-hybridized carbons (Fsp3) is 0.308. The molecule has 2 aromatic rings. The third-order valence-electron chi connectivity index (χ3n) is 3.18. The number of hydrogen-bond acceptors (Lipinski definition) is 6. The molecule has 0 aliphatic carbocycles. The van der Waals surface area contributed by atoms with Crippen LogP contribution in [0, 0.1) is 0 Å². The summed E-state index contributed by atoms with van der Waals surface area (Å²) in [6.45, 7) is 2.11. The SMILES string of the molecule is Nc1c(NOc2ccc(Br)cc2)nsc1N1CCCC1. The van der Waals surface area contributed by atoms with Gasteiger partial charge in [-0.15, -0.1) is 0 Å². The first-order valence-electron chi connectivity index (χ1n) is 6.42. The molecule has 0 spiro atoms. The summed E-state index contributed by atoms with van der Waals surface area (Å²) in [5, 5.41) is 1.03. The maximum Gasteiger partial charge on any atom is 0.198 e. The molecule has 1 saturated heterocycles. The first kappa shape index (κ1) is 13.5. The zero-order valence-corrected chi connectivity index (χ0v) is 13.2. The van der Waals surface area contributed by atoms with Crippen molar-refractivity contribution in [1.82, 2.24) is 4.37 Å². The van der Waals surface area contributed by atoms with Crippen molar-refractivity contribution in [3.63, 3.8) is 0 Å². The average Bonchev–Trinajstić information content (AvgIpc) is 3.08. The Balaban J connectivity index is 1.67. The van der Waals surface area contributed by atoms with Crippen LogP contribution in [0.2, 0.25) is 0 Å². The van der Waals surface area contributed by atoms with Crippen LogP contribution in [-0.2, 0) is 0 Å². The van der Waals surface area contributed by atoms with Crippen molar-refractivity contribution in [2.45, 2.75) is 12.8 Å². The van der Waals surface area contributed by atoms with E-state index in [-0.39, 0.29) is 0 Å². The normalized spacial score (nSPS) is 14.6. The molecule has 20 heavy (non-hydrogen) atoms. The van der Waals surface area contributed by atoms with E-state index in [1.807, 2.05) is 24.3 Å². The van der Waals surface area contributed by atoms with Gasteiger partial charge < -0.3 is 15.5 Å². The minimum absolute atomic E-state index is 0.583. The molecule has 1 aliphatic heterocycles. The Hall–Kier alpha value is -1.47. The lowest BCUT2D eigenvalue weighted by Gasteiger charge is -2.15. The number of nitrogens with zero attached hydrogens (tertiary/aromatic N) is 2. The Morgan fingerprint density at radius 2 is 1.95 bits per heavy atom. The molecule has 0 unspecified atom stereocenters. The van der Waals surface area contributed by atoms with Gasteiger partial charge >= 0.3 is 0 Å². The molecule has 0 amide bonds. The molecule has 3 N–H and O–H groups in total. The van der Waals surface area contributed by atoms with E-state index < -0.39 is 0 Å². The van der Waals surface area contributed by atoms with Gasteiger partial charge in [-0.1, -0.05) is 15.9 Å². The zero-order valence-electron chi connectivity index (χ0n) is 10.8. The molecule has 7 heteroatoms. The molecule has 1 aromatic carbocycles. The van der Waals surface area contributed by atoms with E-state index in [0.29, 0.717) is 17.3 Å². The van der Waals surface area contributed by atoms with Crippen molar-refractivity contribution >= 4 is 44.0 Å². The van der Waals surface area contributed by atoms with Crippen molar-refractivity contribution in [2.75, 3.05) is 29.2 Å². The highest BCUT2D eigenvalue weighted by atomic mass is 79.9. The van der Waals surface area contributed by atoms with Gasteiger partial charge in [-0.2, -0.15) is 4.37 Å². The predicted octanol–water partition coefficient (Wildman–Crippen LogP) is 3.49. The molecular weight excluding hydrogens is 340 g/mol. The number of anilines is 3. The summed E-state index contributed by atoms with van der Waals surface area (Å²) in [6.07, 6.45) is 2.44. The zero-order chi connectivity index (χ0) is 13.9. The molecule has 1 fully saturated rings. The van der Waals surface area contributed by atoms with Crippen LogP contribution in [0.4, 0.5) is 16.5 Å². The second-order valence-corrected chi connectivity index (χ2v) is 6.27. The fourth-order valence-electron chi connectivity index (χ4n) is 2.12. The van der Waals surface area contributed by atoms with Gasteiger partial charge in [0, 0.05) is 17.6 Å². The minimum atomic E-state index is 0.583. The summed E-state index contributed by atoms with van der Waals surface area (Å²) in [5.74, 6) is 1.29. The van der Waals surface area contributed by atoms with Gasteiger partial charge in [0.2, 0.25) is 0 Å². The molecule has 5 nitrogen and oxygen atoms in total. The Kier molecular flexibility index (Phi) is 3.98. The van der Waals surface area contributed by atoms with Crippen LogP contribution in [0.25, 0.3) is 0 Å². The largest absolute Gasteiger partial charge is 0.393 e. The van der Waals surface area contributed by atoms with Crippen LogP contribution in [0.5, 0.6) is 5.75 Å². The van der Waals surface area contributed by atoms with E-state index >= 15 is 0 Å². The van der Waals surface area contributed by atoms with Crippen molar-refractivity contribution in [2.24, 2.45) is 0 Å². The first-order chi connectivity index (χ1) is 9.74. The molecule has 1 aromatic heterocycles. The molecule has 3 rings (SSSR count). The van der Waals surface area contributed by atoms with Crippen LogP contribution in [0.1, 0.15) is 12.8 Å². The molecule has 0 bridgehead atoms. The Morgan fingerprint density at radius 3 is 2.65 bits per heavy atom. The summed E-state index contributed by atoms with van der Waals surface area (Å²) in [5.41, 5.74) is 9.61. The number of benzene rings is 1. The van der Waals surface area contributed by atoms with Gasteiger partial charge in [0.15, 0.2) is 11.6 Å². The monoisotopic (exact) mass is 354 g/mol. The summed E-state index contributed by atoms with van der Waals surface area (Å²) >= 11 is 4.79. The maximum atomic E-state index is 6.13. The van der Waals surface area contributed by atoms with Crippen molar-refractivity contribution in [1.29, 1.82) is 0 Å². The lowest BCUT2D eigenvalue weighted by Crippen LogP contribution is -2.17. The highest BCUT2D eigenvalue weighted by Crippen LogP contribution is 2.36. The fourth-order valence-corrected chi connectivity index (χ4v) is 3.19. The van der Waals surface area contributed by atoms with Crippen LogP contribution < -0.4 is 21.0 Å². The van der Waals surface area contributed by atoms with Gasteiger partial charge in [0.25, 0.3) is 0 Å². The summed E-state index contributed by atoms with van der Waals surface area (Å²) in [6, 6.07) is 7.55. The second-order valence-electron chi connectivity index (χ2n) is 4.60.